The van der Waals surface area contributed by atoms with Crippen LogP contribution in [0.5, 0.6) is 11.5 Å². The van der Waals surface area contributed by atoms with Crippen LogP contribution in [0.2, 0.25) is 0 Å². The monoisotopic (exact) mass is 287 g/mol. The Labute approximate surface area is 124 Å². The van der Waals surface area contributed by atoms with E-state index in [0.29, 0.717) is 6.61 Å². The second kappa shape index (κ2) is 5.41. The van der Waals surface area contributed by atoms with Gasteiger partial charge in [0.1, 0.15) is 5.75 Å². The van der Waals surface area contributed by atoms with Crippen LogP contribution in [0.3, 0.4) is 0 Å². The molecular formula is C16H21N3O2. The maximum Gasteiger partial charge on any atom is 0.161 e. The van der Waals surface area contributed by atoms with Crippen molar-refractivity contribution >= 4 is 0 Å². The van der Waals surface area contributed by atoms with Gasteiger partial charge in [-0.3, -0.25) is 4.68 Å². The molecule has 1 aliphatic heterocycles. The van der Waals surface area contributed by atoms with Gasteiger partial charge in [-0.1, -0.05) is 18.2 Å². The number of methoxy groups -OCH3 is 1. The van der Waals surface area contributed by atoms with Crippen molar-refractivity contribution in [1.29, 1.82) is 0 Å². The highest BCUT2D eigenvalue weighted by Gasteiger charge is 2.34. The minimum absolute atomic E-state index is 0.115. The number of para-hydroxylation sites is 1. The maximum atomic E-state index is 6.55. The van der Waals surface area contributed by atoms with Crippen molar-refractivity contribution in [1.82, 2.24) is 9.78 Å². The zero-order valence-corrected chi connectivity index (χ0v) is 12.6. The summed E-state index contributed by atoms with van der Waals surface area (Å²) in [6.45, 7) is 4.76. The van der Waals surface area contributed by atoms with Gasteiger partial charge >= 0.3 is 0 Å². The zero-order chi connectivity index (χ0) is 15.0. The van der Waals surface area contributed by atoms with E-state index >= 15 is 0 Å². The van der Waals surface area contributed by atoms with E-state index in [-0.39, 0.29) is 18.0 Å². The maximum absolute atomic E-state index is 6.55. The average Bonchev–Trinajstić information content (AvgIpc) is 3.10. The summed E-state index contributed by atoms with van der Waals surface area (Å²) >= 11 is 0. The molecule has 21 heavy (non-hydrogen) atoms. The first-order chi connectivity index (χ1) is 10.1. The van der Waals surface area contributed by atoms with Crippen LogP contribution in [0.15, 0.2) is 30.5 Å². The number of hydrogen-bond donors (Lipinski definition) is 1. The van der Waals surface area contributed by atoms with Crippen molar-refractivity contribution in [3.05, 3.63) is 41.7 Å². The fourth-order valence-corrected chi connectivity index (χ4v) is 2.92. The minimum atomic E-state index is -0.214. The van der Waals surface area contributed by atoms with Crippen molar-refractivity contribution < 1.29 is 9.47 Å². The molecule has 2 aromatic rings. The van der Waals surface area contributed by atoms with E-state index in [0.717, 1.165) is 22.8 Å². The van der Waals surface area contributed by atoms with E-state index in [4.69, 9.17) is 15.2 Å². The van der Waals surface area contributed by atoms with Gasteiger partial charge in [0.15, 0.2) is 5.75 Å². The lowest BCUT2D eigenvalue weighted by Gasteiger charge is -2.22. The largest absolute Gasteiger partial charge is 0.493 e. The Morgan fingerprint density at radius 3 is 2.86 bits per heavy atom. The molecule has 2 atom stereocenters. The van der Waals surface area contributed by atoms with Crippen LogP contribution in [-0.4, -0.2) is 23.5 Å². The number of rotatable bonds is 4. The third-order valence-corrected chi connectivity index (χ3v) is 3.99. The summed E-state index contributed by atoms with van der Waals surface area (Å²) in [4.78, 5) is 0. The highest BCUT2D eigenvalue weighted by atomic mass is 16.5. The van der Waals surface area contributed by atoms with Gasteiger partial charge in [0.05, 0.1) is 31.6 Å². The molecule has 0 saturated carbocycles. The van der Waals surface area contributed by atoms with E-state index in [1.807, 2.05) is 22.9 Å². The fraction of sp³-hybridized carbons (Fsp3) is 0.438. The Balaban J connectivity index is 2.00. The lowest BCUT2D eigenvalue weighted by molar-refractivity contribution is 0.305. The van der Waals surface area contributed by atoms with Gasteiger partial charge in [0.25, 0.3) is 0 Å². The van der Waals surface area contributed by atoms with Gasteiger partial charge in [0, 0.05) is 17.5 Å². The lowest BCUT2D eigenvalue weighted by atomic mass is 9.91. The molecule has 5 nitrogen and oxygen atoms in total. The molecule has 3 rings (SSSR count). The predicted molar refractivity (Wildman–Crippen MR) is 80.8 cm³/mol. The molecule has 1 aromatic heterocycles. The van der Waals surface area contributed by atoms with Crippen LogP contribution in [-0.2, 0) is 0 Å². The van der Waals surface area contributed by atoms with Crippen LogP contribution in [0.25, 0.3) is 0 Å². The summed E-state index contributed by atoms with van der Waals surface area (Å²) in [5.74, 6) is 1.78. The predicted octanol–water partition coefficient (Wildman–Crippen LogP) is 2.65. The highest BCUT2D eigenvalue weighted by molar-refractivity contribution is 5.43. The molecule has 0 fully saturated rings. The number of hydrogen-bond acceptors (Lipinski definition) is 4. The Morgan fingerprint density at radius 2 is 2.14 bits per heavy atom. The molecule has 2 unspecified atom stereocenters. The zero-order valence-electron chi connectivity index (χ0n) is 12.6. The summed E-state index contributed by atoms with van der Waals surface area (Å²) in [5.41, 5.74) is 8.64. The Bertz CT molecular complexity index is 636. The molecule has 2 N–H and O–H groups in total. The first-order valence-electron chi connectivity index (χ1n) is 7.22. The summed E-state index contributed by atoms with van der Waals surface area (Å²) < 4.78 is 13.1. The normalized spacial score (nSPS) is 18.4. The Morgan fingerprint density at radius 1 is 1.38 bits per heavy atom. The van der Waals surface area contributed by atoms with Crippen molar-refractivity contribution in [3.63, 3.8) is 0 Å². The van der Waals surface area contributed by atoms with Crippen molar-refractivity contribution in [2.45, 2.75) is 31.8 Å². The molecule has 0 amide bonds. The number of nitrogens with two attached hydrogens (primary N) is 1. The van der Waals surface area contributed by atoms with Crippen molar-refractivity contribution in [2.24, 2.45) is 5.73 Å². The average molecular weight is 287 g/mol. The smallest absolute Gasteiger partial charge is 0.161 e. The second-order valence-corrected chi connectivity index (χ2v) is 5.62. The van der Waals surface area contributed by atoms with Gasteiger partial charge in [-0.2, -0.15) is 5.10 Å². The van der Waals surface area contributed by atoms with Crippen molar-refractivity contribution in [2.75, 3.05) is 13.7 Å². The molecule has 0 saturated heterocycles. The van der Waals surface area contributed by atoms with Crippen LogP contribution in [0.4, 0.5) is 0 Å². The minimum Gasteiger partial charge on any atom is -0.493 e. The first kappa shape index (κ1) is 13.9. The van der Waals surface area contributed by atoms with Gasteiger partial charge in [0.2, 0.25) is 0 Å². The molecular weight excluding hydrogens is 266 g/mol. The molecule has 1 aromatic carbocycles. The first-order valence-corrected chi connectivity index (χ1v) is 7.22. The van der Waals surface area contributed by atoms with Crippen LogP contribution in [0.1, 0.15) is 43.1 Å². The van der Waals surface area contributed by atoms with E-state index < -0.39 is 0 Å². The molecule has 0 bridgehead atoms. The molecule has 0 aliphatic carbocycles. The van der Waals surface area contributed by atoms with Gasteiger partial charge in [-0.05, 0) is 19.9 Å². The molecule has 5 heteroatoms. The molecule has 0 spiro atoms. The van der Waals surface area contributed by atoms with Crippen LogP contribution >= 0.6 is 0 Å². The number of aromatic nitrogens is 2. The van der Waals surface area contributed by atoms with Gasteiger partial charge in [-0.25, -0.2) is 0 Å². The van der Waals surface area contributed by atoms with Gasteiger partial charge < -0.3 is 15.2 Å². The number of ether oxygens (including phenoxy) is 2. The second-order valence-electron chi connectivity index (χ2n) is 5.62. The third-order valence-electron chi connectivity index (χ3n) is 3.99. The molecule has 0 radical (unpaired) electrons. The Kier molecular flexibility index (Phi) is 3.59. The summed E-state index contributed by atoms with van der Waals surface area (Å²) in [5, 5.41) is 4.41. The molecule has 2 heterocycles. The highest BCUT2D eigenvalue weighted by Crippen LogP contribution is 2.42. The van der Waals surface area contributed by atoms with Gasteiger partial charge in [-0.15, -0.1) is 0 Å². The number of nitrogens with zero attached hydrogens (tertiary/aromatic N) is 2. The SMILES string of the molecule is COc1cnn(C(C)C)c1C(N)C1COc2ccccc21. The Hall–Kier alpha value is -2.01. The third kappa shape index (κ3) is 2.27. The summed E-state index contributed by atoms with van der Waals surface area (Å²) in [6.07, 6.45) is 1.73. The van der Waals surface area contributed by atoms with Crippen LogP contribution in [0, 0.1) is 0 Å². The quantitative estimate of drug-likeness (QED) is 0.939. The van der Waals surface area contributed by atoms with E-state index in [2.05, 4.69) is 25.0 Å². The number of benzene rings is 1. The summed E-state index contributed by atoms with van der Waals surface area (Å²) in [7, 11) is 1.65. The molecule has 112 valence electrons. The van der Waals surface area contributed by atoms with Crippen LogP contribution < -0.4 is 15.2 Å². The van der Waals surface area contributed by atoms with E-state index in [1.54, 1.807) is 13.3 Å². The van der Waals surface area contributed by atoms with E-state index in [1.165, 1.54) is 0 Å². The molecule has 1 aliphatic rings. The number of fused-ring (bicyclic) bond motifs is 1. The topological polar surface area (TPSA) is 62.3 Å². The lowest BCUT2D eigenvalue weighted by Crippen LogP contribution is -2.25. The van der Waals surface area contributed by atoms with Crippen molar-refractivity contribution in [3.8, 4) is 11.5 Å². The van der Waals surface area contributed by atoms with E-state index in [9.17, 15) is 0 Å². The standard InChI is InChI=1S/C16H21N3O2/c1-10(2)19-16(14(20-3)8-18-19)15(17)12-9-21-13-7-5-4-6-11(12)13/h4-8,10,12,15H,9,17H2,1-3H3. The summed E-state index contributed by atoms with van der Waals surface area (Å²) in [6, 6.07) is 8.07. The fourth-order valence-electron chi connectivity index (χ4n) is 2.92.